The molecule has 0 aliphatic heterocycles. The molecule has 0 bridgehead atoms. The maximum Gasteiger partial charge on any atom is 0.145 e. The monoisotopic (exact) mass is 446 g/mol. The van der Waals surface area contributed by atoms with E-state index in [2.05, 4.69) is 0 Å². The van der Waals surface area contributed by atoms with Gasteiger partial charge in [-0.2, -0.15) is 0 Å². The van der Waals surface area contributed by atoms with Gasteiger partial charge in [0.1, 0.15) is 22.7 Å². The summed E-state index contributed by atoms with van der Waals surface area (Å²) in [6, 6.07) is 32.0. The van der Waals surface area contributed by atoms with Crippen LogP contribution in [0.2, 0.25) is 0 Å². The van der Waals surface area contributed by atoms with E-state index in [1.165, 1.54) is 0 Å². The van der Waals surface area contributed by atoms with E-state index in [-0.39, 0.29) is 22.6 Å². The minimum Gasteiger partial charge on any atom is -0.507 e. The molecule has 4 N–H and O–H groups in total. The van der Waals surface area contributed by atoms with E-state index in [1.807, 2.05) is 36.4 Å². The molecular weight excluding hydrogens is 424 g/mol. The third-order valence-corrected chi connectivity index (χ3v) is 6.97. The maximum atomic E-state index is 12.5. The van der Waals surface area contributed by atoms with Gasteiger partial charge in [-0.3, -0.25) is 0 Å². The summed E-state index contributed by atoms with van der Waals surface area (Å²) in [5.74, 6) is -0.364. The second-order valence-corrected chi connectivity index (χ2v) is 8.69. The molecular formula is C30H22O4. The van der Waals surface area contributed by atoms with Gasteiger partial charge in [-0.1, -0.05) is 109 Å². The lowest BCUT2D eigenvalue weighted by molar-refractivity contribution is 0.0707. The molecule has 0 radical (unpaired) electrons. The lowest BCUT2D eigenvalue weighted by Gasteiger charge is -2.45. The van der Waals surface area contributed by atoms with E-state index in [9.17, 15) is 20.4 Å². The summed E-state index contributed by atoms with van der Waals surface area (Å²) in [4.78, 5) is 0. The normalized spacial score (nSPS) is 21.1. The number of benzene rings is 5. The molecule has 0 fully saturated rings. The Morgan fingerprint density at radius 3 is 1.12 bits per heavy atom. The molecule has 0 saturated carbocycles. The van der Waals surface area contributed by atoms with Crippen LogP contribution >= 0.6 is 0 Å². The molecule has 0 heterocycles. The number of rotatable bonds is 2. The van der Waals surface area contributed by atoms with Gasteiger partial charge in [-0.25, -0.2) is 0 Å². The summed E-state index contributed by atoms with van der Waals surface area (Å²) in [7, 11) is 0. The van der Waals surface area contributed by atoms with Crippen molar-refractivity contribution in [2.75, 3.05) is 0 Å². The van der Waals surface area contributed by atoms with Crippen LogP contribution in [0.4, 0.5) is 0 Å². The van der Waals surface area contributed by atoms with Gasteiger partial charge in [-0.15, -0.1) is 0 Å². The summed E-state index contributed by atoms with van der Waals surface area (Å²) >= 11 is 0. The van der Waals surface area contributed by atoms with Gasteiger partial charge in [0.05, 0.1) is 0 Å². The first-order valence-electron chi connectivity index (χ1n) is 11.1. The first-order valence-corrected chi connectivity index (χ1v) is 11.1. The smallest absolute Gasteiger partial charge is 0.145 e. The van der Waals surface area contributed by atoms with Crippen LogP contribution in [0.25, 0.3) is 10.8 Å². The van der Waals surface area contributed by atoms with Gasteiger partial charge in [-0.05, 0) is 22.3 Å². The Bertz CT molecular complexity index is 1430. The predicted octanol–water partition coefficient (Wildman–Crippen LogP) is 5.13. The summed E-state index contributed by atoms with van der Waals surface area (Å²) in [6.07, 6.45) is 0. The number of aliphatic hydroxyl groups is 2. The summed E-state index contributed by atoms with van der Waals surface area (Å²) in [6.45, 7) is 0. The molecule has 1 aliphatic carbocycles. The van der Waals surface area contributed by atoms with Crippen molar-refractivity contribution < 1.29 is 20.4 Å². The second-order valence-electron chi connectivity index (χ2n) is 8.69. The van der Waals surface area contributed by atoms with Gasteiger partial charge in [0.15, 0.2) is 0 Å². The van der Waals surface area contributed by atoms with Crippen LogP contribution in [0.1, 0.15) is 33.4 Å². The van der Waals surface area contributed by atoms with E-state index in [0.717, 1.165) is 0 Å². The van der Waals surface area contributed by atoms with Gasteiger partial charge < -0.3 is 20.4 Å². The van der Waals surface area contributed by atoms with Crippen LogP contribution in [0.15, 0.2) is 109 Å². The Morgan fingerprint density at radius 2 is 0.735 bits per heavy atom. The average Bonchev–Trinajstić information content (AvgIpc) is 2.90. The standard InChI is InChI=1S/C30H22O4/c31-27-21-15-7-8-16-22(21)28(32)26-25(27)29(33,19-11-3-1-4-12-19)23-17-9-10-18-24(23)30(26,34)20-13-5-2-6-14-20/h1-18,31-34H. The highest BCUT2D eigenvalue weighted by molar-refractivity contribution is 5.97. The molecule has 1 aliphatic rings. The molecule has 34 heavy (non-hydrogen) atoms. The Kier molecular flexibility index (Phi) is 4.33. The second kappa shape index (κ2) is 7.19. The minimum atomic E-state index is -1.82. The molecule has 5 aromatic carbocycles. The van der Waals surface area contributed by atoms with Crippen molar-refractivity contribution in [2.24, 2.45) is 0 Å². The van der Waals surface area contributed by atoms with Crippen LogP contribution in [0.5, 0.6) is 11.5 Å². The molecule has 4 nitrogen and oxygen atoms in total. The molecule has 0 saturated heterocycles. The zero-order valence-electron chi connectivity index (χ0n) is 18.2. The highest BCUT2D eigenvalue weighted by atomic mass is 16.3. The number of hydrogen-bond acceptors (Lipinski definition) is 4. The SMILES string of the molecule is Oc1c2c(c(O)c3ccccc13)C(O)(c1ccccc1)c1ccccc1C2(O)c1ccccc1. The summed E-state index contributed by atoms with van der Waals surface area (Å²) < 4.78 is 0. The Labute approximate surface area is 196 Å². The van der Waals surface area contributed by atoms with Crippen molar-refractivity contribution in [3.05, 3.63) is 143 Å². The first kappa shape index (κ1) is 20.5. The minimum absolute atomic E-state index is 0.0694. The lowest BCUT2D eigenvalue weighted by atomic mass is 9.62. The van der Waals surface area contributed by atoms with E-state index < -0.39 is 11.2 Å². The quantitative estimate of drug-likeness (QED) is 0.283. The fourth-order valence-corrected chi connectivity index (χ4v) is 5.45. The van der Waals surface area contributed by atoms with Crippen molar-refractivity contribution in [1.82, 2.24) is 0 Å². The number of phenolic OH excluding ortho intramolecular Hbond substituents is 2. The first-order chi connectivity index (χ1) is 16.5. The molecule has 4 heteroatoms. The molecule has 0 amide bonds. The van der Waals surface area contributed by atoms with Crippen molar-refractivity contribution in [3.8, 4) is 11.5 Å². The number of aromatic hydroxyl groups is 2. The highest BCUT2D eigenvalue weighted by Crippen LogP contribution is 2.59. The van der Waals surface area contributed by atoms with Crippen LogP contribution in [0, 0.1) is 0 Å². The fraction of sp³-hybridized carbons (Fsp3) is 0.0667. The number of hydrogen-bond donors (Lipinski definition) is 4. The van der Waals surface area contributed by atoms with Crippen LogP contribution in [0.3, 0.4) is 0 Å². The van der Waals surface area contributed by atoms with Crippen molar-refractivity contribution >= 4 is 10.8 Å². The lowest BCUT2D eigenvalue weighted by Crippen LogP contribution is -2.44. The average molecular weight is 447 g/mol. The van der Waals surface area contributed by atoms with Gasteiger partial charge in [0, 0.05) is 21.9 Å². The Hall–Kier alpha value is -4.12. The third kappa shape index (κ3) is 2.49. The largest absolute Gasteiger partial charge is 0.507 e. The Morgan fingerprint density at radius 1 is 0.412 bits per heavy atom. The molecule has 166 valence electrons. The topological polar surface area (TPSA) is 80.9 Å². The summed E-state index contributed by atoms with van der Waals surface area (Å²) in [5.41, 5.74) is -1.60. The van der Waals surface area contributed by atoms with E-state index >= 15 is 0 Å². The van der Waals surface area contributed by atoms with Crippen molar-refractivity contribution in [2.45, 2.75) is 11.2 Å². The molecule has 2 atom stereocenters. The van der Waals surface area contributed by atoms with Crippen LogP contribution in [-0.2, 0) is 11.2 Å². The number of phenols is 2. The highest BCUT2D eigenvalue weighted by Gasteiger charge is 2.54. The molecule has 6 rings (SSSR count). The number of fused-ring (bicyclic) bond motifs is 3. The zero-order chi connectivity index (χ0) is 23.5. The predicted molar refractivity (Wildman–Crippen MR) is 131 cm³/mol. The molecule has 5 aromatic rings. The van der Waals surface area contributed by atoms with Gasteiger partial charge >= 0.3 is 0 Å². The molecule has 0 spiro atoms. The van der Waals surface area contributed by atoms with Crippen LogP contribution < -0.4 is 0 Å². The van der Waals surface area contributed by atoms with E-state index in [4.69, 9.17) is 0 Å². The fourth-order valence-electron chi connectivity index (χ4n) is 5.45. The summed E-state index contributed by atoms with van der Waals surface area (Å²) in [5, 5.41) is 49.1. The Balaban J connectivity index is 1.88. The van der Waals surface area contributed by atoms with Crippen LogP contribution in [-0.4, -0.2) is 20.4 Å². The zero-order valence-corrected chi connectivity index (χ0v) is 18.2. The van der Waals surface area contributed by atoms with E-state index in [0.29, 0.717) is 33.0 Å². The van der Waals surface area contributed by atoms with Crippen molar-refractivity contribution in [1.29, 1.82) is 0 Å². The van der Waals surface area contributed by atoms with Gasteiger partial charge in [0.2, 0.25) is 0 Å². The van der Waals surface area contributed by atoms with Crippen molar-refractivity contribution in [3.63, 3.8) is 0 Å². The third-order valence-electron chi connectivity index (χ3n) is 6.97. The van der Waals surface area contributed by atoms with E-state index in [1.54, 1.807) is 72.8 Å². The molecule has 0 aromatic heterocycles. The maximum absolute atomic E-state index is 12.5. The van der Waals surface area contributed by atoms with Gasteiger partial charge in [0.25, 0.3) is 0 Å². The molecule has 2 unspecified atom stereocenters.